The van der Waals surface area contributed by atoms with Gasteiger partial charge in [-0.1, -0.05) is 26.0 Å². The number of carbonyl (C=O) groups excluding carboxylic acids is 1. The summed E-state index contributed by atoms with van der Waals surface area (Å²) in [6.45, 7) is 8.26. The van der Waals surface area contributed by atoms with E-state index in [9.17, 15) is 9.90 Å². The van der Waals surface area contributed by atoms with Crippen LogP contribution in [0.2, 0.25) is 0 Å². The summed E-state index contributed by atoms with van der Waals surface area (Å²) in [5, 5.41) is 12.4. The lowest BCUT2D eigenvalue weighted by molar-refractivity contribution is -0.117. The molecule has 0 aromatic heterocycles. The number of benzene rings is 2. The van der Waals surface area contributed by atoms with E-state index < -0.39 is 0 Å². The maximum absolute atomic E-state index is 12.4. The normalized spacial score (nSPS) is 16.1. The van der Waals surface area contributed by atoms with Crippen LogP contribution in [0.1, 0.15) is 31.7 Å². The minimum atomic E-state index is 0.0318. The van der Waals surface area contributed by atoms with Gasteiger partial charge in [-0.05, 0) is 54.3 Å². The lowest BCUT2D eigenvalue weighted by Gasteiger charge is -2.35. The summed E-state index contributed by atoms with van der Waals surface area (Å²) >= 11 is 0. The van der Waals surface area contributed by atoms with E-state index in [0.717, 1.165) is 44.0 Å². The van der Waals surface area contributed by atoms with Gasteiger partial charge in [-0.2, -0.15) is 0 Å². The number of phenolic OH excluding ortho intramolecular Hbond substituents is 1. The molecule has 2 N–H and O–H groups in total. The molecule has 1 saturated heterocycles. The van der Waals surface area contributed by atoms with Gasteiger partial charge in [-0.15, -0.1) is 0 Å². The lowest BCUT2D eigenvalue weighted by Crippen LogP contribution is -2.48. The zero-order valence-electron chi connectivity index (χ0n) is 16.2. The number of carbonyl (C=O) groups is 1. The monoisotopic (exact) mass is 367 g/mol. The van der Waals surface area contributed by atoms with Crippen molar-refractivity contribution in [3.05, 3.63) is 54.1 Å². The van der Waals surface area contributed by atoms with E-state index in [4.69, 9.17) is 0 Å². The molecule has 3 rings (SSSR count). The van der Waals surface area contributed by atoms with E-state index in [1.54, 1.807) is 12.1 Å². The molecule has 2 aromatic rings. The fourth-order valence-corrected chi connectivity index (χ4v) is 3.36. The smallest absolute Gasteiger partial charge is 0.238 e. The number of nitrogens with zero attached hydrogens (tertiary/aromatic N) is 2. The third kappa shape index (κ3) is 5.23. The van der Waals surface area contributed by atoms with Crippen LogP contribution in [-0.4, -0.2) is 48.6 Å². The molecule has 0 spiro atoms. The second-order valence-electron chi connectivity index (χ2n) is 7.26. The van der Waals surface area contributed by atoms with Crippen LogP contribution in [0.25, 0.3) is 0 Å². The Morgan fingerprint density at radius 2 is 1.67 bits per heavy atom. The molecule has 0 unspecified atom stereocenters. The maximum Gasteiger partial charge on any atom is 0.238 e. The molecule has 5 heteroatoms. The van der Waals surface area contributed by atoms with Crippen LogP contribution >= 0.6 is 0 Å². The average molecular weight is 367 g/mol. The molecule has 2 aromatic carbocycles. The van der Waals surface area contributed by atoms with Crippen LogP contribution in [0.4, 0.5) is 11.4 Å². The molecule has 0 bridgehead atoms. The predicted molar refractivity (Wildman–Crippen MR) is 111 cm³/mol. The summed E-state index contributed by atoms with van der Waals surface area (Å²) in [5.41, 5.74) is 3.27. The van der Waals surface area contributed by atoms with E-state index in [2.05, 4.69) is 41.1 Å². The first-order valence-corrected chi connectivity index (χ1v) is 9.71. The summed E-state index contributed by atoms with van der Waals surface area (Å²) in [7, 11) is 0. The zero-order valence-corrected chi connectivity index (χ0v) is 16.2. The Morgan fingerprint density at radius 3 is 2.26 bits per heavy atom. The molecule has 5 nitrogen and oxygen atoms in total. The maximum atomic E-state index is 12.4. The van der Waals surface area contributed by atoms with Crippen molar-refractivity contribution in [2.24, 2.45) is 0 Å². The molecule has 27 heavy (non-hydrogen) atoms. The molecule has 1 atom stereocenters. The Morgan fingerprint density at radius 1 is 1.04 bits per heavy atom. The van der Waals surface area contributed by atoms with E-state index in [1.165, 1.54) is 5.56 Å². The second kappa shape index (κ2) is 8.91. The van der Waals surface area contributed by atoms with Gasteiger partial charge >= 0.3 is 0 Å². The van der Waals surface area contributed by atoms with Gasteiger partial charge in [-0.3, -0.25) is 9.69 Å². The van der Waals surface area contributed by atoms with Crippen LogP contribution in [0.3, 0.4) is 0 Å². The minimum Gasteiger partial charge on any atom is -0.508 e. The average Bonchev–Trinajstić information content (AvgIpc) is 2.69. The number of hydrogen-bond acceptors (Lipinski definition) is 4. The van der Waals surface area contributed by atoms with Crippen molar-refractivity contribution in [2.45, 2.75) is 26.2 Å². The van der Waals surface area contributed by atoms with Crippen molar-refractivity contribution in [3.8, 4) is 5.75 Å². The van der Waals surface area contributed by atoms with E-state index in [1.807, 2.05) is 24.3 Å². The number of hydrogen-bond donors (Lipinski definition) is 2. The third-order valence-electron chi connectivity index (χ3n) is 5.33. The highest BCUT2D eigenvalue weighted by molar-refractivity contribution is 5.92. The van der Waals surface area contributed by atoms with Crippen LogP contribution in [0.15, 0.2) is 48.5 Å². The molecule has 0 saturated carbocycles. The minimum absolute atomic E-state index is 0.0318. The highest BCUT2D eigenvalue weighted by Crippen LogP contribution is 2.21. The Kier molecular flexibility index (Phi) is 6.35. The summed E-state index contributed by atoms with van der Waals surface area (Å²) in [6.07, 6.45) is 1.11. The SMILES string of the molecule is CC[C@@H](C)c1ccc(NC(=O)CN2CCN(c3ccc(O)cc3)CC2)cc1. The van der Waals surface area contributed by atoms with Crippen LogP contribution in [0, 0.1) is 0 Å². The van der Waals surface area contributed by atoms with Crippen LogP contribution < -0.4 is 10.2 Å². The number of amides is 1. The number of nitrogens with one attached hydrogen (secondary N) is 1. The van der Waals surface area contributed by atoms with Gasteiger partial charge in [0.15, 0.2) is 0 Å². The van der Waals surface area contributed by atoms with Crippen LogP contribution in [-0.2, 0) is 4.79 Å². The van der Waals surface area contributed by atoms with E-state index in [0.29, 0.717) is 12.5 Å². The van der Waals surface area contributed by atoms with Crippen molar-refractivity contribution in [2.75, 3.05) is 42.9 Å². The van der Waals surface area contributed by atoms with Gasteiger partial charge in [0.2, 0.25) is 5.91 Å². The van der Waals surface area contributed by atoms with Gasteiger partial charge in [0, 0.05) is 37.6 Å². The van der Waals surface area contributed by atoms with Crippen molar-refractivity contribution in [3.63, 3.8) is 0 Å². The predicted octanol–water partition coefficient (Wildman–Crippen LogP) is 3.67. The number of rotatable bonds is 6. The Bertz CT molecular complexity index is 735. The highest BCUT2D eigenvalue weighted by atomic mass is 16.3. The molecule has 1 aliphatic rings. The van der Waals surface area contributed by atoms with Crippen LogP contribution in [0.5, 0.6) is 5.75 Å². The van der Waals surface area contributed by atoms with Crippen molar-refractivity contribution in [1.29, 1.82) is 0 Å². The van der Waals surface area contributed by atoms with Gasteiger partial charge in [0.25, 0.3) is 0 Å². The van der Waals surface area contributed by atoms with Crippen molar-refractivity contribution >= 4 is 17.3 Å². The highest BCUT2D eigenvalue weighted by Gasteiger charge is 2.19. The lowest BCUT2D eigenvalue weighted by atomic mass is 9.99. The van der Waals surface area contributed by atoms with E-state index in [-0.39, 0.29) is 11.7 Å². The van der Waals surface area contributed by atoms with Crippen molar-refractivity contribution in [1.82, 2.24) is 4.90 Å². The molecule has 1 amide bonds. The Balaban J connectivity index is 1.46. The number of aromatic hydroxyl groups is 1. The third-order valence-corrected chi connectivity index (χ3v) is 5.33. The Labute approximate surface area is 161 Å². The summed E-state index contributed by atoms with van der Waals surface area (Å²) in [5.74, 6) is 0.857. The molecule has 0 aliphatic carbocycles. The van der Waals surface area contributed by atoms with E-state index >= 15 is 0 Å². The Hall–Kier alpha value is -2.53. The summed E-state index contributed by atoms with van der Waals surface area (Å²) in [6, 6.07) is 15.5. The first-order valence-electron chi connectivity index (χ1n) is 9.71. The topological polar surface area (TPSA) is 55.8 Å². The van der Waals surface area contributed by atoms with Gasteiger partial charge in [0.1, 0.15) is 5.75 Å². The zero-order chi connectivity index (χ0) is 19.2. The molecule has 1 heterocycles. The number of phenols is 1. The van der Waals surface area contributed by atoms with Gasteiger partial charge in [0.05, 0.1) is 6.54 Å². The molecule has 1 fully saturated rings. The molecule has 0 radical (unpaired) electrons. The molecule has 1 aliphatic heterocycles. The summed E-state index contributed by atoms with van der Waals surface area (Å²) < 4.78 is 0. The second-order valence-corrected chi connectivity index (χ2v) is 7.26. The van der Waals surface area contributed by atoms with Gasteiger partial charge in [-0.25, -0.2) is 0 Å². The quantitative estimate of drug-likeness (QED) is 0.818. The molecule has 144 valence electrons. The van der Waals surface area contributed by atoms with Crippen molar-refractivity contribution < 1.29 is 9.90 Å². The molecular weight excluding hydrogens is 338 g/mol. The first-order chi connectivity index (χ1) is 13.0. The first kappa shape index (κ1) is 19.2. The fraction of sp³-hybridized carbons (Fsp3) is 0.409. The number of piperazine rings is 1. The fourth-order valence-electron chi connectivity index (χ4n) is 3.36. The number of anilines is 2. The standard InChI is InChI=1S/C22H29N3O2/c1-3-17(2)18-4-6-19(7-5-18)23-22(27)16-24-12-14-25(15-13-24)20-8-10-21(26)11-9-20/h4-11,17,26H,3,12-16H2,1-2H3,(H,23,27)/t17-/m1/s1. The van der Waals surface area contributed by atoms with Gasteiger partial charge < -0.3 is 15.3 Å². The summed E-state index contributed by atoms with van der Waals surface area (Å²) in [4.78, 5) is 16.8. The largest absolute Gasteiger partial charge is 0.508 e. The molecular formula is C22H29N3O2.